The lowest BCUT2D eigenvalue weighted by Crippen LogP contribution is -2.51. The Morgan fingerprint density at radius 3 is 3.00 bits per heavy atom. The minimum atomic E-state index is -0.0422. The lowest BCUT2D eigenvalue weighted by atomic mass is 10.0. The Kier molecular flexibility index (Phi) is 5.41. The van der Waals surface area contributed by atoms with Crippen molar-refractivity contribution in [3.8, 4) is 5.75 Å². The molecule has 0 bridgehead atoms. The highest BCUT2D eigenvalue weighted by atomic mass is 16.5. The van der Waals surface area contributed by atoms with E-state index in [9.17, 15) is 4.79 Å². The van der Waals surface area contributed by atoms with Gasteiger partial charge in [0, 0.05) is 18.3 Å². The Hall–Kier alpha value is -1.55. The molecule has 1 unspecified atom stereocenters. The van der Waals surface area contributed by atoms with Gasteiger partial charge in [0.2, 0.25) is 5.91 Å². The molecule has 0 aliphatic carbocycles. The van der Waals surface area contributed by atoms with Crippen LogP contribution in [-0.2, 0) is 4.79 Å². The van der Waals surface area contributed by atoms with Gasteiger partial charge in [-0.1, -0.05) is 13.0 Å². The van der Waals surface area contributed by atoms with Crippen molar-refractivity contribution in [2.24, 2.45) is 0 Å². The van der Waals surface area contributed by atoms with Crippen molar-refractivity contribution < 1.29 is 9.53 Å². The zero-order chi connectivity index (χ0) is 14.4. The molecule has 1 fully saturated rings. The molecule has 1 amide bonds. The van der Waals surface area contributed by atoms with Gasteiger partial charge in [-0.05, 0) is 44.9 Å². The number of hydrogen-bond acceptors (Lipinski definition) is 3. The summed E-state index contributed by atoms with van der Waals surface area (Å²) in [5, 5.41) is 3.34. The van der Waals surface area contributed by atoms with Crippen LogP contribution in [0.1, 0.15) is 33.1 Å². The van der Waals surface area contributed by atoms with E-state index in [0.717, 1.165) is 43.8 Å². The van der Waals surface area contributed by atoms with E-state index in [0.29, 0.717) is 6.61 Å². The number of rotatable bonds is 6. The van der Waals surface area contributed by atoms with E-state index in [1.165, 1.54) is 0 Å². The fourth-order valence-electron chi connectivity index (χ4n) is 2.55. The van der Waals surface area contributed by atoms with E-state index >= 15 is 0 Å². The van der Waals surface area contributed by atoms with E-state index in [4.69, 9.17) is 4.74 Å². The molecule has 1 aromatic carbocycles. The molecule has 1 saturated heterocycles. The van der Waals surface area contributed by atoms with Gasteiger partial charge < -0.3 is 15.0 Å². The Labute approximate surface area is 121 Å². The number of benzene rings is 1. The topological polar surface area (TPSA) is 41.6 Å². The number of amides is 1. The van der Waals surface area contributed by atoms with Gasteiger partial charge >= 0.3 is 0 Å². The normalized spacial score (nSPS) is 19.2. The molecular formula is C16H24N2O2. The van der Waals surface area contributed by atoms with Crippen molar-refractivity contribution in [2.45, 2.75) is 39.2 Å². The van der Waals surface area contributed by atoms with E-state index in [1.807, 2.05) is 36.1 Å². The first kappa shape index (κ1) is 14.9. The average Bonchev–Trinajstić information content (AvgIpc) is 2.47. The first-order valence-corrected chi connectivity index (χ1v) is 7.54. The zero-order valence-corrected chi connectivity index (χ0v) is 12.4. The standard InChI is InChI=1S/C16H24N2O2/c1-3-10-17-15-9-6-11-18(16(15)19)13-7-5-8-14(12-13)20-4-2/h5,7-8,12,15,17H,3-4,6,9-11H2,1-2H3. The number of nitrogens with zero attached hydrogens (tertiary/aromatic N) is 1. The first-order valence-electron chi connectivity index (χ1n) is 7.54. The fourth-order valence-corrected chi connectivity index (χ4v) is 2.55. The molecule has 1 N–H and O–H groups in total. The van der Waals surface area contributed by atoms with Crippen LogP contribution in [-0.4, -0.2) is 31.6 Å². The number of piperidine rings is 1. The molecule has 1 atom stereocenters. The van der Waals surface area contributed by atoms with Crippen molar-refractivity contribution in [3.05, 3.63) is 24.3 Å². The third-order valence-corrected chi connectivity index (χ3v) is 3.52. The summed E-state index contributed by atoms with van der Waals surface area (Å²) in [5.41, 5.74) is 0.934. The number of nitrogens with one attached hydrogen (secondary N) is 1. The summed E-state index contributed by atoms with van der Waals surface area (Å²) in [6.07, 6.45) is 3.01. The highest BCUT2D eigenvalue weighted by molar-refractivity contribution is 5.98. The van der Waals surface area contributed by atoms with Gasteiger partial charge in [0.15, 0.2) is 0 Å². The van der Waals surface area contributed by atoms with Gasteiger partial charge in [-0.15, -0.1) is 0 Å². The van der Waals surface area contributed by atoms with Crippen molar-refractivity contribution in [1.82, 2.24) is 5.32 Å². The predicted octanol–water partition coefficient (Wildman–Crippen LogP) is 2.58. The van der Waals surface area contributed by atoms with Crippen LogP contribution in [0.5, 0.6) is 5.75 Å². The molecule has 0 spiro atoms. The van der Waals surface area contributed by atoms with Crippen LogP contribution in [0.15, 0.2) is 24.3 Å². The molecule has 1 aliphatic heterocycles. The molecule has 1 aromatic rings. The third-order valence-electron chi connectivity index (χ3n) is 3.52. The van der Waals surface area contributed by atoms with Crippen LogP contribution in [0.2, 0.25) is 0 Å². The maximum absolute atomic E-state index is 12.5. The Bertz CT molecular complexity index is 448. The maximum Gasteiger partial charge on any atom is 0.244 e. The molecular weight excluding hydrogens is 252 g/mol. The first-order chi connectivity index (χ1) is 9.76. The fraction of sp³-hybridized carbons (Fsp3) is 0.562. The summed E-state index contributed by atoms with van der Waals surface area (Å²) < 4.78 is 5.51. The largest absolute Gasteiger partial charge is 0.494 e. The monoisotopic (exact) mass is 276 g/mol. The summed E-state index contributed by atoms with van der Waals surface area (Å²) in [6.45, 7) is 6.40. The van der Waals surface area contributed by atoms with E-state index in [1.54, 1.807) is 0 Å². The molecule has 110 valence electrons. The Morgan fingerprint density at radius 2 is 2.25 bits per heavy atom. The van der Waals surface area contributed by atoms with Crippen molar-refractivity contribution in [2.75, 3.05) is 24.6 Å². The lowest BCUT2D eigenvalue weighted by Gasteiger charge is -2.33. The SMILES string of the molecule is CCCNC1CCCN(c2cccc(OCC)c2)C1=O. The van der Waals surface area contributed by atoms with Crippen LogP contribution in [0.4, 0.5) is 5.69 Å². The minimum Gasteiger partial charge on any atom is -0.494 e. The van der Waals surface area contributed by atoms with E-state index < -0.39 is 0 Å². The van der Waals surface area contributed by atoms with Crippen LogP contribution in [0, 0.1) is 0 Å². The summed E-state index contributed by atoms with van der Waals surface area (Å²) >= 11 is 0. The van der Waals surface area contributed by atoms with Crippen LogP contribution >= 0.6 is 0 Å². The number of carbonyl (C=O) groups excluding carboxylic acids is 1. The second-order valence-electron chi connectivity index (χ2n) is 5.07. The van der Waals surface area contributed by atoms with Gasteiger partial charge in [-0.25, -0.2) is 0 Å². The molecule has 2 rings (SSSR count). The van der Waals surface area contributed by atoms with Gasteiger partial charge in [0.25, 0.3) is 0 Å². The molecule has 4 heteroatoms. The van der Waals surface area contributed by atoms with E-state index in [2.05, 4.69) is 12.2 Å². The maximum atomic E-state index is 12.5. The predicted molar refractivity (Wildman–Crippen MR) is 81.3 cm³/mol. The molecule has 4 nitrogen and oxygen atoms in total. The van der Waals surface area contributed by atoms with Gasteiger partial charge in [0.05, 0.1) is 12.6 Å². The van der Waals surface area contributed by atoms with Crippen molar-refractivity contribution in [1.29, 1.82) is 0 Å². The summed E-state index contributed by atoms with van der Waals surface area (Å²) in [7, 11) is 0. The van der Waals surface area contributed by atoms with Crippen LogP contribution < -0.4 is 15.0 Å². The summed E-state index contributed by atoms with van der Waals surface area (Å²) in [6, 6.07) is 7.75. The van der Waals surface area contributed by atoms with E-state index in [-0.39, 0.29) is 11.9 Å². The number of ether oxygens (including phenoxy) is 1. The smallest absolute Gasteiger partial charge is 0.244 e. The lowest BCUT2D eigenvalue weighted by molar-refractivity contribution is -0.121. The highest BCUT2D eigenvalue weighted by Crippen LogP contribution is 2.25. The summed E-state index contributed by atoms with van der Waals surface area (Å²) in [4.78, 5) is 14.4. The second-order valence-corrected chi connectivity index (χ2v) is 5.07. The van der Waals surface area contributed by atoms with Crippen LogP contribution in [0.3, 0.4) is 0 Å². The average molecular weight is 276 g/mol. The number of carbonyl (C=O) groups is 1. The highest BCUT2D eigenvalue weighted by Gasteiger charge is 2.29. The molecule has 0 aromatic heterocycles. The van der Waals surface area contributed by atoms with Gasteiger partial charge in [-0.2, -0.15) is 0 Å². The Morgan fingerprint density at radius 1 is 1.40 bits per heavy atom. The van der Waals surface area contributed by atoms with Gasteiger partial charge in [-0.3, -0.25) is 4.79 Å². The molecule has 1 heterocycles. The van der Waals surface area contributed by atoms with Crippen molar-refractivity contribution in [3.63, 3.8) is 0 Å². The minimum absolute atomic E-state index is 0.0422. The third kappa shape index (κ3) is 3.51. The quantitative estimate of drug-likeness (QED) is 0.868. The van der Waals surface area contributed by atoms with Crippen molar-refractivity contribution >= 4 is 11.6 Å². The molecule has 20 heavy (non-hydrogen) atoms. The number of anilines is 1. The second kappa shape index (κ2) is 7.29. The summed E-state index contributed by atoms with van der Waals surface area (Å²) in [5.74, 6) is 1.000. The van der Waals surface area contributed by atoms with Crippen LogP contribution in [0.25, 0.3) is 0 Å². The Balaban J connectivity index is 2.10. The molecule has 1 aliphatic rings. The number of hydrogen-bond donors (Lipinski definition) is 1. The zero-order valence-electron chi connectivity index (χ0n) is 12.4. The molecule has 0 saturated carbocycles. The van der Waals surface area contributed by atoms with Gasteiger partial charge in [0.1, 0.15) is 5.75 Å². The molecule has 0 radical (unpaired) electrons.